The fourth-order valence-electron chi connectivity index (χ4n) is 3.26. The Kier molecular flexibility index (Phi) is 5.20. The number of hydrogen-bond donors (Lipinski definition) is 2. The van der Waals surface area contributed by atoms with Crippen LogP contribution in [0.4, 0.5) is 0 Å². The summed E-state index contributed by atoms with van der Waals surface area (Å²) in [6, 6.07) is 10.3. The van der Waals surface area contributed by atoms with Crippen LogP contribution in [-0.2, 0) is 11.2 Å². The van der Waals surface area contributed by atoms with Crippen LogP contribution in [0, 0.1) is 0 Å². The SMILES string of the molecule is O=C(CN1CCCC1CO)NCCc1cccc2cccnc12. The van der Waals surface area contributed by atoms with E-state index in [0.717, 1.165) is 42.3 Å². The molecule has 1 saturated heterocycles. The largest absolute Gasteiger partial charge is 0.395 e. The van der Waals surface area contributed by atoms with E-state index in [4.69, 9.17) is 0 Å². The Morgan fingerprint density at radius 1 is 1.35 bits per heavy atom. The summed E-state index contributed by atoms with van der Waals surface area (Å²) >= 11 is 0. The van der Waals surface area contributed by atoms with Gasteiger partial charge in [-0.2, -0.15) is 0 Å². The number of para-hydroxylation sites is 1. The molecule has 1 fully saturated rings. The van der Waals surface area contributed by atoms with Gasteiger partial charge in [-0.3, -0.25) is 14.7 Å². The Morgan fingerprint density at radius 2 is 2.22 bits per heavy atom. The molecule has 0 spiro atoms. The van der Waals surface area contributed by atoms with Gasteiger partial charge in [-0.1, -0.05) is 24.3 Å². The molecule has 2 N–H and O–H groups in total. The van der Waals surface area contributed by atoms with Gasteiger partial charge in [0.15, 0.2) is 0 Å². The number of aliphatic hydroxyl groups excluding tert-OH is 1. The van der Waals surface area contributed by atoms with Crippen LogP contribution in [0.1, 0.15) is 18.4 Å². The van der Waals surface area contributed by atoms with Gasteiger partial charge in [0.25, 0.3) is 0 Å². The minimum absolute atomic E-state index is 0.0264. The number of pyridine rings is 1. The maximum absolute atomic E-state index is 12.1. The molecule has 1 aliphatic heterocycles. The molecule has 5 nitrogen and oxygen atoms in total. The number of nitrogens with one attached hydrogen (secondary N) is 1. The standard InChI is InChI=1S/C18H23N3O2/c22-13-16-7-3-11-21(16)12-17(23)19-10-8-15-5-1-4-14-6-2-9-20-18(14)15/h1-2,4-6,9,16,22H,3,7-8,10-13H2,(H,19,23). The van der Waals surface area contributed by atoms with Crippen LogP contribution in [-0.4, -0.2) is 53.2 Å². The van der Waals surface area contributed by atoms with Crippen molar-refractivity contribution in [1.29, 1.82) is 0 Å². The molecule has 1 unspecified atom stereocenters. The van der Waals surface area contributed by atoms with Crippen LogP contribution in [0.3, 0.4) is 0 Å². The summed E-state index contributed by atoms with van der Waals surface area (Å²) in [7, 11) is 0. The third-order valence-corrected chi connectivity index (χ3v) is 4.49. The van der Waals surface area contributed by atoms with E-state index in [2.05, 4.69) is 21.3 Å². The van der Waals surface area contributed by atoms with Gasteiger partial charge in [-0.15, -0.1) is 0 Å². The second-order valence-electron chi connectivity index (χ2n) is 6.04. The van der Waals surface area contributed by atoms with E-state index in [0.29, 0.717) is 13.1 Å². The van der Waals surface area contributed by atoms with E-state index in [1.54, 1.807) is 6.20 Å². The maximum Gasteiger partial charge on any atom is 0.234 e. The highest BCUT2D eigenvalue weighted by molar-refractivity contribution is 5.81. The van der Waals surface area contributed by atoms with Crippen molar-refractivity contribution in [2.24, 2.45) is 0 Å². The lowest BCUT2D eigenvalue weighted by Crippen LogP contribution is -2.41. The van der Waals surface area contributed by atoms with Gasteiger partial charge in [-0.05, 0) is 37.4 Å². The number of amides is 1. The number of aliphatic hydroxyl groups is 1. The summed E-state index contributed by atoms with van der Waals surface area (Å²) in [6.45, 7) is 2.01. The lowest BCUT2D eigenvalue weighted by atomic mass is 10.1. The number of likely N-dealkylation sites (tertiary alicyclic amines) is 1. The van der Waals surface area contributed by atoms with Crippen LogP contribution in [0.25, 0.3) is 10.9 Å². The Bertz CT molecular complexity index is 669. The van der Waals surface area contributed by atoms with Crippen molar-refractivity contribution in [3.8, 4) is 0 Å². The van der Waals surface area contributed by atoms with Crippen molar-refractivity contribution in [3.63, 3.8) is 0 Å². The van der Waals surface area contributed by atoms with Crippen molar-refractivity contribution in [1.82, 2.24) is 15.2 Å². The van der Waals surface area contributed by atoms with E-state index >= 15 is 0 Å². The van der Waals surface area contributed by atoms with Crippen molar-refractivity contribution < 1.29 is 9.90 Å². The molecule has 2 heterocycles. The van der Waals surface area contributed by atoms with Gasteiger partial charge >= 0.3 is 0 Å². The van der Waals surface area contributed by atoms with Crippen molar-refractivity contribution in [3.05, 3.63) is 42.1 Å². The summed E-state index contributed by atoms with van der Waals surface area (Å²) < 4.78 is 0. The monoisotopic (exact) mass is 313 g/mol. The summed E-state index contributed by atoms with van der Waals surface area (Å²) in [6.07, 6.45) is 4.60. The van der Waals surface area contributed by atoms with Crippen LogP contribution in [0.15, 0.2) is 36.5 Å². The van der Waals surface area contributed by atoms with Crippen molar-refractivity contribution in [2.75, 3.05) is 26.2 Å². The zero-order chi connectivity index (χ0) is 16.1. The minimum atomic E-state index is 0.0264. The molecule has 5 heteroatoms. The number of benzene rings is 1. The first kappa shape index (κ1) is 15.9. The van der Waals surface area contributed by atoms with Crippen molar-refractivity contribution >= 4 is 16.8 Å². The van der Waals surface area contributed by atoms with Crippen LogP contribution >= 0.6 is 0 Å². The third kappa shape index (κ3) is 3.86. The normalized spacial score (nSPS) is 18.4. The summed E-state index contributed by atoms with van der Waals surface area (Å²) in [5.74, 6) is 0.0264. The molecule has 3 rings (SSSR count). The summed E-state index contributed by atoms with van der Waals surface area (Å²) in [4.78, 5) is 18.6. The minimum Gasteiger partial charge on any atom is -0.395 e. The third-order valence-electron chi connectivity index (χ3n) is 4.49. The smallest absolute Gasteiger partial charge is 0.234 e. The van der Waals surface area contributed by atoms with E-state index in [9.17, 15) is 9.90 Å². The lowest BCUT2D eigenvalue weighted by molar-refractivity contribution is -0.122. The zero-order valence-corrected chi connectivity index (χ0v) is 13.2. The number of aromatic nitrogens is 1. The first-order valence-electron chi connectivity index (χ1n) is 8.22. The fourth-order valence-corrected chi connectivity index (χ4v) is 3.26. The average molecular weight is 313 g/mol. The predicted octanol–water partition coefficient (Wildman–Crippen LogP) is 1.35. The van der Waals surface area contributed by atoms with E-state index in [1.165, 1.54) is 0 Å². The average Bonchev–Trinajstić information content (AvgIpc) is 3.02. The molecule has 0 aliphatic carbocycles. The summed E-state index contributed by atoms with van der Waals surface area (Å²) in [5.41, 5.74) is 2.15. The van der Waals surface area contributed by atoms with E-state index in [1.807, 2.05) is 24.3 Å². The summed E-state index contributed by atoms with van der Waals surface area (Å²) in [5, 5.41) is 13.4. The van der Waals surface area contributed by atoms with Crippen LogP contribution < -0.4 is 5.32 Å². The Hall–Kier alpha value is -1.98. The molecule has 23 heavy (non-hydrogen) atoms. The van der Waals surface area contributed by atoms with Gasteiger partial charge in [0.1, 0.15) is 0 Å². The van der Waals surface area contributed by atoms with Crippen LogP contribution in [0.5, 0.6) is 0 Å². The molecule has 0 radical (unpaired) electrons. The van der Waals surface area contributed by atoms with Gasteiger partial charge in [0, 0.05) is 24.2 Å². The quantitative estimate of drug-likeness (QED) is 0.845. The lowest BCUT2D eigenvalue weighted by Gasteiger charge is -2.21. The molecule has 1 amide bonds. The number of carbonyl (C=O) groups is 1. The molecule has 0 bridgehead atoms. The van der Waals surface area contributed by atoms with Gasteiger partial charge in [0.05, 0.1) is 18.7 Å². The number of rotatable bonds is 6. The Balaban J connectivity index is 1.51. The molecule has 1 aromatic heterocycles. The molecule has 1 aliphatic rings. The zero-order valence-electron chi connectivity index (χ0n) is 13.2. The highest BCUT2D eigenvalue weighted by atomic mass is 16.3. The highest BCUT2D eigenvalue weighted by Crippen LogP contribution is 2.17. The van der Waals surface area contributed by atoms with Crippen LogP contribution in [0.2, 0.25) is 0 Å². The van der Waals surface area contributed by atoms with Gasteiger partial charge in [0.2, 0.25) is 5.91 Å². The predicted molar refractivity (Wildman–Crippen MR) is 90.1 cm³/mol. The highest BCUT2D eigenvalue weighted by Gasteiger charge is 2.25. The molecule has 1 aromatic carbocycles. The molecule has 0 saturated carbocycles. The molecule has 2 aromatic rings. The van der Waals surface area contributed by atoms with E-state index < -0.39 is 0 Å². The number of nitrogens with zero attached hydrogens (tertiary/aromatic N) is 2. The van der Waals surface area contributed by atoms with Gasteiger partial charge < -0.3 is 10.4 Å². The Morgan fingerprint density at radius 3 is 3.09 bits per heavy atom. The van der Waals surface area contributed by atoms with Gasteiger partial charge in [-0.25, -0.2) is 0 Å². The fraction of sp³-hybridized carbons (Fsp3) is 0.444. The number of carbonyl (C=O) groups excluding carboxylic acids is 1. The maximum atomic E-state index is 12.1. The Labute approximate surface area is 136 Å². The second-order valence-corrected chi connectivity index (χ2v) is 6.04. The molecular formula is C18H23N3O2. The van der Waals surface area contributed by atoms with Crippen molar-refractivity contribution in [2.45, 2.75) is 25.3 Å². The molecule has 1 atom stereocenters. The first-order chi connectivity index (χ1) is 11.3. The van der Waals surface area contributed by atoms with E-state index in [-0.39, 0.29) is 18.6 Å². The topological polar surface area (TPSA) is 65.5 Å². The molecule has 122 valence electrons. The molecular weight excluding hydrogens is 290 g/mol. The number of hydrogen-bond acceptors (Lipinski definition) is 4. The second kappa shape index (κ2) is 7.53. The first-order valence-corrected chi connectivity index (χ1v) is 8.22. The number of fused-ring (bicyclic) bond motifs is 1.